The zero-order valence-electron chi connectivity index (χ0n) is 12.0. The number of pyridine rings is 2. The number of hydrogen-bond acceptors (Lipinski definition) is 3. The second kappa shape index (κ2) is 5.70. The van der Waals surface area contributed by atoms with Gasteiger partial charge in [-0.15, -0.1) is 0 Å². The molecular weight excluding hydrogens is 282 g/mol. The predicted molar refractivity (Wildman–Crippen MR) is 87.8 cm³/mol. The Morgan fingerprint density at radius 1 is 1.14 bits per heavy atom. The zero-order valence-corrected chi connectivity index (χ0v) is 12.8. The summed E-state index contributed by atoms with van der Waals surface area (Å²) >= 11 is 6.16. The number of halogens is 1. The van der Waals surface area contributed by atoms with E-state index in [1.54, 1.807) is 6.20 Å². The predicted octanol–water partition coefficient (Wildman–Crippen LogP) is 4.51. The van der Waals surface area contributed by atoms with Crippen molar-refractivity contribution in [2.24, 2.45) is 0 Å². The van der Waals surface area contributed by atoms with Gasteiger partial charge in [0.1, 0.15) is 0 Å². The molecule has 3 aromatic rings. The highest BCUT2D eigenvalue weighted by molar-refractivity contribution is 6.32. The Morgan fingerprint density at radius 2 is 1.95 bits per heavy atom. The normalized spacial score (nSPS) is 10.8. The summed E-state index contributed by atoms with van der Waals surface area (Å²) in [7, 11) is 0. The van der Waals surface area contributed by atoms with Crippen molar-refractivity contribution in [1.82, 2.24) is 9.97 Å². The van der Waals surface area contributed by atoms with E-state index in [2.05, 4.69) is 27.4 Å². The van der Waals surface area contributed by atoms with Crippen LogP contribution in [0.1, 0.15) is 16.8 Å². The first-order chi connectivity index (χ1) is 10.1. The van der Waals surface area contributed by atoms with Crippen molar-refractivity contribution in [3.8, 4) is 0 Å². The summed E-state index contributed by atoms with van der Waals surface area (Å²) < 4.78 is 0. The molecule has 2 heterocycles. The topological polar surface area (TPSA) is 37.8 Å². The summed E-state index contributed by atoms with van der Waals surface area (Å²) in [6, 6.07) is 12.2. The summed E-state index contributed by atoms with van der Waals surface area (Å²) in [6.45, 7) is 4.72. The molecule has 0 bridgehead atoms. The fraction of sp³-hybridized carbons (Fsp3) is 0.176. The van der Waals surface area contributed by atoms with Crippen molar-refractivity contribution < 1.29 is 0 Å². The van der Waals surface area contributed by atoms with E-state index in [9.17, 15) is 0 Å². The van der Waals surface area contributed by atoms with Crippen LogP contribution in [0.4, 0.5) is 5.69 Å². The van der Waals surface area contributed by atoms with Crippen LogP contribution in [-0.4, -0.2) is 9.97 Å². The molecule has 4 heteroatoms. The lowest BCUT2D eigenvalue weighted by Gasteiger charge is -2.13. The summed E-state index contributed by atoms with van der Waals surface area (Å²) in [4.78, 5) is 8.68. The van der Waals surface area contributed by atoms with Crippen LogP contribution in [0.5, 0.6) is 0 Å². The van der Waals surface area contributed by atoms with Crippen molar-refractivity contribution >= 4 is 28.2 Å². The monoisotopic (exact) mass is 297 g/mol. The molecule has 1 aromatic carbocycles. The van der Waals surface area contributed by atoms with Gasteiger partial charge in [0.25, 0.3) is 0 Å². The van der Waals surface area contributed by atoms with Crippen LogP contribution in [0.25, 0.3) is 10.9 Å². The third-order valence-electron chi connectivity index (χ3n) is 3.50. The number of benzene rings is 1. The zero-order chi connectivity index (χ0) is 14.8. The van der Waals surface area contributed by atoms with Crippen molar-refractivity contribution in [2.75, 3.05) is 5.32 Å². The van der Waals surface area contributed by atoms with Gasteiger partial charge in [0.2, 0.25) is 0 Å². The van der Waals surface area contributed by atoms with E-state index in [1.165, 1.54) is 5.56 Å². The van der Waals surface area contributed by atoms with E-state index in [0.717, 1.165) is 27.8 Å². The van der Waals surface area contributed by atoms with Gasteiger partial charge in [-0.1, -0.05) is 29.8 Å². The minimum absolute atomic E-state index is 0.505. The average Bonchev–Trinajstić information content (AvgIpc) is 2.46. The molecule has 2 aromatic heterocycles. The molecule has 0 aliphatic carbocycles. The Kier molecular flexibility index (Phi) is 3.76. The van der Waals surface area contributed by atoms with Crippen LogP contribution >= 0.6 is 11.6 Å². The van der Waals surface area contributed by atoms with Gasteiger partial charge in [-0.05, 0) is 43.2 Å². The summed E-state index contributed by atoms with van der Waals surface area (Å²) in [5, 5.41) is 5.06. The molecule has 0 unspecified atom stereocenters. The number of aryl methyl sites for hydroxylation is 2. The Labute approximate surface area is 129 Å². The molecule has 0 aliphatic heterocycles. The van der Waals surface area contributed by atoms with E-state index in [-0.39, 0.29) is 0 Å². The molecule has 106 valence electrons. The number of fused-ring (bicyclic) bond motifs is 1. The molecule has 0 saturated heterocycles. The maximum Gasteiger partial charge on any atom is 0.152 e. The SMILES string of the molecule is Cc1cc(CNc2c(C)ccnc2Cl)c2ccccc2n1. The van der Waals surface area contributed by atoms with Gasteiger partial charge in [-0.25, -0.2) is 4.98 Å². The molecular formula is C17H16ClN3. The number of nitrogens with zero attached hydrogens (tertiary/aromatic N) is 2. The van der Waals surface area contributed by atoms with Gasteiger partial charge in [0, 0.05) is 23.8 Å². The molecule has 1 N–H and O–H groups in total. The molecule has 0 radical (unpaired) electrons. The Bertz CT molecular complexity index is 779. The first-order valence-electron chi connectivity index (χ1n) is 6.85. The Balaban J connectivity index is 1.95. The molecule has 3 rings (SSSR count). The van der Waals surface area contributed by atoms with Gasteiger partial charge >= 0.3 is 0 Å². The highest BCUT2D eigenvalue weighted by atomic mass is 35.5. The van der Waals surface area contributed by atoms with Crippen molar-refractivity contribution in [3.05, 3.63) is 64.6 Å². The standard InChI is InChI=1S/C17H16ClN3/c1-11-7-8-19-17(18)16(11)20-10-13-9-12(2)21-15-6-4-3-5-14(13)15/h3-9,20H,10H2,1-2H3. The lowest BCUT2D eigenvalue weighted by atomic mass is 10.1. The maximum atomic E-state index is 6.16. The molecule has 3 nitrogen and oxygen atoms in total. The van der Waals surface area contributed by atoms with Crippen molar-refractivity contribution in [2.45, 2.75) is 20.4 Å². The molecule has 0 amide bonds. The second-order valence-electron chi connectivity index (χ2n) is 5.09. The summed E-state index contributed by atoms with van der Waals surface area (Å²) in [6.07, 6.45) is 1.72. The van der Waals surface area contributed by atoms with E-state index < -0.39 is 0 Å². The van der Waals surface area contributed by atoms with Crippen LogP contribution in [0.2, 0.25) is 5.15 Å². The van der Waals surface area contributed by atoms with Gasteiger partial charge in [0.05, 0.1) is 11.2 Å². The van der Waals surface area contributed by atoms with Crippen molar-refractivity contribution in [3.63, 3.8) is 0 Å². The minimum atomic E-state index is 0.505. The number of rotatable bonds is 3. The highest BCUT2D eigenvalue weighted by Gasteiger charge is 2.07. The summed E-state index contributed by atoms with van der Waals surface area (Å²) in [5.74, 6) is 0. The quantitative estimate of drug-likeness (QED) is 0.723. The smallest absolute Gasteiger partial charge is 0.152 e. The molecule has 0 saturated carbocycles. The lowest BCUT2D eigenvalue weighted by Crippen LogP contribution is -2.04. The first-order valence-corrected chi connectivity index (χ1v) is 7.23. The molecule has 0 fully saturated rings. The highest BCUT2D eigenvalue weighted by Crippen LogP contribution is 2.25. The van der Waals surface area contributed by atoms with E-state index >= 15 is 0 Å². The minimum Gasteiger partial charge on any atom is -0.378 e. The largest absolute Gasteiger partial charge is 0.378 e. The van der Waals surface area contributed by atoms with E-state index in [0.29, 0.717) is 11.7 Å². The fourth-order valence-corrected chi connectivity index (χ4v) is 2.73. The molecule has 0 spiro atoms. The van der Waals surface area contributed by atoms with Gasteiger partial charge in [0.15, 0.2) is 5.15 Å². The number of aromatic nitrogens is 2. The second-order valence-corrected chi connectivity index (χ2v) is 5.45. The van der Waals surface area contributed by atoms with Gasteiger partial charge < -0.3 is 5.32 Å². The molecule has 21 heavy (non-hydrogen) atoms. The fourth-order valence-electron chi connectivity index (χ4n) is 2.46. The summed E-state index contributed by atoms with van der Waals surface area (Å²) in [5.41, 5.74) is 5.21. The average molecular weight is 298 g/mol. The van der Waals surface area contributed by atoms with Crippen LogP contribution in [0.15, 0.2) is 42.6 Å². The van der Waals surface area contributed by atoms with Crippen LogP contribution in [0, 0.1) is 13.8 Å². The van der Waals surface area contributed by atoms with E-state index in [1.807, 2.05) is 38.1 Å². The molecule has 0 atom stereocenters. The van der Waals surface area contributed by atoms with E-state index in [4.69, 9.17) is 11.6 Å². The molecule has 0 aliphatic rings. The third kappa shape index (κ3) is 2.83. The van der Waals surface area contributed by atoms with Crippen molar-refractivity contribution in [1.29, 1.82) is 0 Å². The van der Waals surface area contributed by atoms with Crippen LogP contribution in [0.3, 0.4) is 0 Å². The number of nitrogens with one attached hydrogen (secondary N) is 1. The Morgan fingerprint density at radius 3 is 2.76 bits per heavy atom. The number of anilines is 1. The van der Waals surface area contributed by atoms with Gasteiger partial charge in [-0.3, -0.25) is 4.98 Å². The van der Waals surface area contributed by atoms with Crippen LogP contribution < -0.4 is 5.32 Å². The van der Waals surface area contributed by atoms with Gasteiger partial charge in [-0.2, -0.15) is 0 Å². The third-order valence-corrected chi connectivity index (χ3v) is 3.79. The number of para-hydroxylation sites is 1. The lowest BCUT2D eigenvalue weighted by molar-refractivity contribution is 1.11. The number of hydrogen-bond donors (Lipinski definition) is 1. The van der Waals surface area contributed by atoms with Crippen LogP contribution in [-0.2, 0) is 6.54 Å². The first kappa shape index (κ1) is 13.8. The maximum absolute atomic E-state index is 6.16. The Hall–Kier alpha value is -2.13.